The summed E-state index contributed by atoms with van der Waals surface area (Å²) in [6, 6.07) is 11.4. The summed E-state index contributed by atoms with van der Waals surface area (Å²) in [5.74, 6) is -3.20. The summed E-state index contributed by atoms with van der Waals surface area (Å²) in [6.45, 7) is 7.10. The van der Waals surface area contributed by atoms with E-state index in [2.05, 4.69) is 17.4 Å². The average Bonchev–Trinajstić information content (AvgIpc) is 3.36. The van der Waals surface area contributed by atoms with Crippen molar-refractivity contribution >= 4 is 11.8 Å². The van der Waals surface area contributed by atoms with E-state index in [1.165, 1.54) is 23.3 Å². The van der Waals surface area contributed by atoms with Crippen molar-refractivity contribution < 1.29 is 23.5 Å². The minimum atomic E-state index is -1.45. The Hall–Kier alpha value is -3.36. The zero-order valence-electron chi connectivity index (χ0n) is 24.8. The third-order valence-electron chi connectivity index (χ3n) is 8.59. The highest BCUT2D eigenvalue weighted by Gasteiger charge is 2.48. The van der Waals surface area contributed by atoms with Crippen LogP contribution >= 0.6 is 0 Å². The van der Waals surface area contributed by atoms with Crippen molar-refractivity contribution in [1.29, 1.82) is 0 Å². The van der Waals surface area contributed by atoms with Crippen molar-refractivity contribution in [3.05, 3.63) is 94.1 Å². The Labute approximate surface area is 247 Å². The van der Waals surface area contributed by atoms with Crippen LogP contribution in [0.15, 0.2) is 65.8 Å². The number of carbonyl (C=O) groups excluding carboxylic acids is 2. The van der Waals surface area contributed by atoms with Gasteiger partial charge in [-0.3, -0.25) is 9.59 Å². The van der Waals surface area contributed by atoms with Crippen LogP contribution in [0.2, 0.25) is 0 Å². The summed E-state index contributed by atoms with van der Waals surface area (Å²) in [5, 5.41) is 15.2. The van der Waals surface area contributed by atoms with Crippen molar-refractivity contribution in [2.45, 2.75) is 71.4 Å². The second-order valence-corrected chi connectivity index (χ2v) is 11.8. The lowest BCUT2D eigenvalue weighted by atomic mass is 9.63. The number of aliphatic hydroxyl groups is 1. The lowest BCUT2D eigenvalue weighted by Gasteiger charge is -2.42. The van der Waals surface area contributed by atoms with Gasteiger partial charge in [0.05, 0.1) is 11.5 Å². The molecule has 0 bridgehead atoms. The predicted octanol–water partition coefficient (Wildman–Crippen LogP) is 5.16. The normalized spacial score (nSPS) is 21.2. The highest BCUT2D eigenvalue weighted by atomic mass is 19.1. The zero-order chi connectivity index (χ0) is 30.4. The molecule has 2 aromatic carbocycles. The van der Waals surface area contributed by atoms with Crippen LogP contribution in [0.5, 0.6) is 0 Å². The van der Waals surface area contributed by atoms with Gasteiger partial charge in [0, 0.05) is 43.2 Å². The molecule has 2 amide bonds. The summed E-state index contributed by atoms with van der Waals surface area (Å²) in [4.78, 5) is 28.9. The van der Waals surface area contributed by atoms with E-state index in [4.69, 9.17) is 5.73 Å². The molecule has 0 aliphatic heterocycles. The third-order valence-corrected chi connectivity index (χ3v) is 8.59. The van der Waals surface area contributed by atoms with Crippen LogP contribution in [0.4, 0.5) is 8.78 Å². The monoisotopic (exact) mass is 579 g/mol. The minimum Gasteiger partial charge on any atom is -0.391 e. The molecule has 0 radical (unpaired) electrons. The Morgan fingerprint density at radius 1 is 1.12 bits per heavy atom. The molecule has 0 fully saturated rings. The highest BCUT2D eigenvalue weighted by molar-refractivity contribution is 5.97. The largest absolute Gasteiger partial charge is 0.391 e. The number of allylic oxidation sites excluding steroid dienone is 2. The first-order valence-corrected chi connectivity index (χ1v) is 15.0. The molecule has 2 aromatic rings. The van der Waals surface area contributed by atoms with E-state index in [0.717, 1.165) is 31.7 Å². The topological polar surface area (TPSA) is 95.7 Å². The van der Waals surface area contributed by atoms with Crippen LogP contribution in [0.1, 0.15) is 69.2 Å². The maximum Gasteiger partial charge on any atom is 0.249 e. The van der Waals surface area contributed by atoms with E-state index in [9.17, 15) is 23.5 Å². The van der Waals surface area contributed by atoms with Crippen LogP contribution < -0.4 is 11.1 Å². The zero-order valence-corrected chi connectivity index (χ0v) is 24.8. The molecule has 0 saturated carbocycles. The second kappa shape index (κ2) is 13.7. The Kier molecular flexibility index (Phi) is 10.3. The molecule has 4 atom stereocenters. The van der Waals surface area contributed by atoms with E-state index in [1.54, 1.807) is 24.0 Å². The van der Waals surface area contributed by atoms with Crippen LogP contribution in [0.25, 0.3) is 0 Å². The molecule has 0 heterocycles. The van der Waals surface area contributed by atoms with E-state index in [0.29, 0.717) is 29.8 Å². The van der Waals surface area contributed by atoms with Crippen molar-refractivity contribution in [2.24, 2.45) is 17.1 Å². The number of benzene rings is 2. The smallest absolute Gasteiger partial charge is 0.249 e. The number of fused-ring (bicyclic) bond motifs is 1. The maximum atomic E-state index is 14.3. The predicted molar refractivity (Wildman–Crippen MR) is 160 cm³/mol. The number of amides is 2. The highest BCUT2D eigenvalue weighted by Crippen LogP contribution is 2.44. The Morgan fingerprint density at radius 2 is 1.79 bits per heavy atom. The number of nitrogens with zero attached hydrogens (tertiary/aromatic N) is 1. The second-order valence-electron chi connectivity index (χ2n) is 11.8. The van der Waals surface area contributed by atoms with E-state index in [1.807, 2.05) is 26.0 Å². The van der Waals surface area contributed by atoms with E-state index < -0.39 is 35.0 Å². The Bertz CT molecular complexity index is 1330. The number of carbonyl (C=O) groups is 2. The number of primary amides is 1. The van der Waals surface area contributed by atoms with Gasteiger partial charge >= 0.3 is 0 Å². The van der Waals surface area contributed by atoms with Gasteiger partial charge in [-0.25, -0.2) is 8.78 Å². The first-order chi connectivity index (χ1) is 20.1. The van der Waals surface area contributed by atoms with Gasteiger partial charge in [0.2, 0.25) is 11.8 Å². The molecule has 1 unspecified atom stereocenters. The van der Waals surface area contributed by atoms with Crippen molar-refractivity contribution in [3.8, 4) is 0 Å². The van der Waals surface area contributed by atoms with Gasteiger partial charge in [0.25, 0.3) is 0 Å². The van der Waals surface area contributed by atoms with E-state index >= 15 is 0 Å². The number of aliphatic hydroxyl groups excluding tert-OH is 1. The molecule has 2 aliphatic carbocycles. The molecule has 2 aliphatic rings. The van der Waals surface area contributed by atoms with Gasteiger partial charge in [-0.05, 0) is 74.3 Å². The summed E-state index contributed by atoms with van der Waals surface area (Å²) >= 11 is 0. The fourth-order valence-corrected chi connectivity index (χ4v) is 6.73. The minimum absolute atomic E-state index is 0.00573. The molecule has 4 N–H and O–H groups in total. The molecular weight excluding hydrogens is 536 g/mol. The van der Waals surface area contributed by atoms with Gasteiger partial charge in [-0.15, -0.1) is 0 Å². The Morgan fingerprint density at radius 3 is 2.43 bits per heavy atom. The summed E-state index contributed by atoms with van der Waals surface area (Å²) in [6.07, 6.45) is 5.75. The van der Waals surface area contributed by atoms with Crippen molar-refractivity contribution in [3.63, 3.8) is 0 Å². The molecule has 0 spiro atoms. The lowest BCUT2D eigenvalue weighted by molar-refractivity contribution is -0.132. The SMILES string of the molecule is CCCN(CCC)C(=O)C1=CC(C)=CC(C(N)=O)([C@H](Cc2cc(F)cc(F)c2)[C@@H](O)CN[C@H]2CCc3ccccc32)C1. The summed E-state index contributed by atoms with van der Waals surface area (Å²) < 4.78 is 28.5. The van der Waals surface area contributed by atoms with Crippen molar-refractivity contribution in [2.75, 3.05) is 19.6 Å². The molecule has 4 rings (SSSR count). The van der Waals surface area contributed by atoms with Gasteiger partial charge < -0.3 is 21.1 Å². The number of nitrogens with one attached hydrogen (secondary N) is 1. The number of nitrogens with two attached hydrogens (primary N) is 1. The van der Waals surface area contributed by atoms with Crippen LogP contribution in [-0.2, 0) is 22.4 Å². The van der Waals surface area contributed by atoms with Crippen LogP contribution in [0.3, 0.4) is 0 Å². The molecule has 0 aromatic heterocycles. The van der Waals surface area contributed by atoms with Gasteiger partial charge in [0.15, 0.2) is 0 Å². The summed E-state index contributed by atoms with van der Waals surface area (Å²) in [5.41, 5.74) is 8.54. The van der Waals surface area contributed by atoms with Crippen LogP contribution in [0, 0.1) is 23.0 Å². The molecule has 8 heteroatoms. The first-order valence-electron chi connectivity index (χ1n) is 15.0. The molecule has 0 saturated heterocycles. The number of rotatable bonds is 13. The molecular formula is C34H43F2N3O3. The number of hydrogen-bond acceptors (Lipinski definition) is 4. The number of hydrogen-bond donors (Lipinski definition) is 3. The summed E-state index contributed by atoms with van der Waals surface area (Å²) in [7, 11) is 0. The standard InChI is InChI=1S/C34H43F2N3O3/c1-4-12-39(13-5-2)32(41)25-14-22(3)19-34(20-25,33(37)42)29(17-23-15-26(35)18-27(36)16-23)31(40)21-38-30-11-10-24-8-6-7-9-28(24)30/h6-9,14-16,18-19,29-31,38,40H,4-5,10-13,17,20-21H2,1-3H3,(H2,37,42)/t29-,30+,31+,34?/m1/s1. The number of aryl methyl sites for hydroxylation is 1. The Balaban J connectivity index is 1.69. The average molecular weight is 580 g/mol. The molecule has 6 nitrogen and oxygen atoms in total. The maximum absolute atomic E-state index is 14.3. The third kappa shape index (κ3) is 6.98. The fraction of sp³-hybridized carbons (Fsp3) is 0.471. The quantitative estimate of drug-likeness (QED) is 0.306. The first kappa shape index (κ1) is 31.6. The van der Waals surface area contributed by atoms with Gasteiger partial charge in [-0.2, -0.15) is 0 Å². The number of halogens is 2. The molecule has 42 heavy (non-hydrogen) atoms. The van der Waals surface area contributed by atoms with E-state index in [-0.39, 0.29) is 31.3 Å². The van der Waals surface area contributed by atoms with Gasteiger partial charge in [-0.1, -0.05) is 55.8 Å². The lowest BCUT2D eigenvalue weighted by Crippen LogP contribution is -2.52. The van der Waals surface area contributed by atoms with Gasteiger partial charge in [0.1, 0.15) is 11.6 Å². The van der Waals surface area contributed by atoms with Crippen molar-refractivity contribution in [1.82, 2.24) is 10.2 Å². The fourth-order valence-electron chi connectivity index (χ4n) is 6.73. The van der Waals surface area contributed by atoms with Crippen LogP contribution in [-0.4, -0.2) is 47.6 Å². The molecule has 226 valence electrons.